The smallest absolute Gasteiger partial charge is 0.270 e. The molecule has 4 aromatic rings. The highest BCUT2D eigenvalue weighted by Crippen LogP contribution is 2.39. The molecule has 2 N–H and O–H groups in total. The number of aryl methyl sites for hydroxylation is 1. The van der Waals surface area contributed by atoms with Crippen LogP contribution in [0.15, 0.2) is 48.5 Å². The number of fused-ring (bicyclic) bond motifs is 3. The summed E-state index contributed by atoms with van der Waals surface area (Å²) in [7, 11) is 0. The summed E-state index contributed by atoms with van der Waals surface area (Å²) in [6.45, 7) is 4.13. The van der Waals surface area contributed by atoms with E-state index in [2.05, 4.69) is 19.1 Å². The molecule has 1 amide bonds. The van der Waals surface area contributed by atoms with Gasteiger partial charge < -0.3 is 10.6 Å². The number of thiophene rings is 1. The molecule has 2 aromatic carbocycles. The molecule has 1 atom stereocenters. The number of pyridine rings is 1. The normalized spacial score (nSPS) is 16.2. The minimum absolute atomic E-state index is 0.0336. The molecule has 0 saturated carbocycles. The first-order chi connectivity index (χ1) is 13.0. The van der Waals surface area contributed by atoms with Crippen molar-refractivity contribution in [2.24, 2.45) is 0 Å². The molecule has 1 aliphatic heterocycles. The van der Waals surface area contributed by atoms with Gasteiger partial charge in [-0.05, 0) is 43.5 Å². The Bertz CT molecular complexity index is 1230. The van der Waals surface area contributed by atoms with Crippen molar-refractivity contribution in [3.8, 4) is 0 Å². The van der Waals surface area contributed by atoms with Gasteiger partial charge in [0.1, 0.15) is 9.71 Å². The van der Waals surface area contributed by atoms with Crippen molar-refractivity contribution < 1.29 is 4.79 Å². The van der Waals surface area contributed by atoms with Crippen LogP contribution in [-0.2, 0) is 6.42 Å². The first-order valence-corrected chi connectivity index (χ1v) is 9.86. The highest BCUT2D eigenvalue weighted by molar-refractivity contribution is 7.21. The van der Waals surface area contributed by atoms with Crippen LogP contribution in [-0.4, -0.2) is 16.9 Å². The Balaban J connectivity index is 1.67. The monoisotopic (exact) mass is 373 g/mol. The number of amides is 1. The number of para-hydroxylation sites is 2. The van der Waals surface area contributed by atoms with E-state index in [-0.39, 0.29) is 11.9 Å². The molecule has 0 aliphatic carbocycles. The molecular formula is C22H19N3OS. The van der Waals surface area contributed by atoms with Gasteiger partial charge >= 0.3 is 0 Å². The average Bonchev–Trinajstić information content (AvgIpc) is 3.16. The van der Waals surface area contributed by atoms with Crippen molar-refractivity contribution in [2.75, 3.05) is 10.6 Å². The minimum Gasteiger partial charge on any atom is -0.397 e. The zero-order valence-electron chi connectivity index (χ0n) is 15.2. The van der Waals surface area contributed by atoms with Gasteiger partial charge in [0.25, 0.3) is 5.91 Å². The van der Waals surface area contributed by atoms with Crippen LogP contribution in [0, 0.1) is 6.92 Å². The van der Waals surface area contributed by atoms with Crippen molar-refractivity contribution >= 4 is 49.7 Å². The van der Waals surface area contributed by atoms with Gasteiger partial charge in [-0.1, -0.05) is 36.4 Å². The van der Waals surface area contributed by atoms with Gasteiger partial charge in [0.05, 0.1) is 11.2 Å². The van der Waals surface area contributed by atoms with E-state index in [1.807, 2.05) is 48.2 Å². The van der Waals surface area contributed by atoms with Crippen molar-refractivity contribution in [1.29, 1.82) is 0 Å². The number of benzene rings is 2. The molecule has 4 nitrogen and oxygen atoms in total. The quantitative estimate of drug-likeness (QED) is 0.514. The van der Waals surface area contributed by atoms with Crippen molar-refractivity contribution in [2.45, 2.75) is 26.3 Å². The molecule has 5 rings (SSSR count). The molecule has 5 heteroatoms. The SMILES string of the molecule is Cc1cccc2cc3c(N)c(C(=O)N4c5ccccc5CC4C)sc3nc12. The molecule has 0 radical (unpaired) electrons. The second-order valence-corrected chi connectivity index (χ2v) is 8.19. The maximum Gasteiger partial charge on any atom is 0.270 e. The van der Waals surface area contributed by atoms with Crippen LogP contribution in [0.25, 0.3) is 21.1 Å². The summed E-state index contributed by atoms with van der Waals surface area (Å²) in [4.78, 5) is 21.5. The number of carbonyl (C=O) groups is 1. The number of rotatable bonds is 1. The van der Waals surface area contributed by atoms with Gasteiger partial charge in [0.15, 0.2) is 0 Å². The Morgan fingerprint density at radius 1 is 1.22 bits per heavy atom. The fourth-order valence-electron chi connectivity index (χ4n) is 4.02. The zero-order chi connectivity index (χ0) is 18.7. The summed E-state index contributed by atoms with van der Waals surface area (Å²) >= 11 is 1.39. The fraction of sp³-hybridized carbons (Fsp3) is 0.182. The van der Waals surface area contributed by atoms with Crippen LogP contribution >= 0.6 is 11.3 Å². The molecule has 0 bridgehead atoms. The molecule has 1 aliphatic rings. The zero-order valence-corrected chi connectivity index (χ0v) is 16.0. The van der Waals surface area contributed by atoms with E-state index < -0.39 is 0 Å². The van der Waals surface area contributed by atoms with Crippen molar-refractivity contribution in [3.63, 3.8) is 0 Å². The average molecular weight is 373 g/mol. The predicted molar refractivity (Wildman–Crippen MR) is 113 cm³/mol. The van der Waals surface area contributed by atoms with Gasteiger partial charge in [-0.3, -0.25) is 4.79 Å². The van der Waals surface area contributed by atoms with Crippen LogP contribution in [0.5, 0.6) is 0 Å². The molecule has 2 aromatic heterocycles. The topological polar surface area (TPSA) is 59.2 Å². The van der Waals surface area contributed by atoms with E-state index in [0.717, 1.165) is 38.8 Å². The van der Waals surface area contributed by atoms with E-state index in [0.29, 0.717) is 10.6 Å². The molecular weight excluding hydrogens is 354 g/mol. The lowest BCUT2D eigenvalue weighted by Crippen LogP contribution is -2.35. The Kier molecular flexibility index (Phi) is 3.49. The maximum absolute atomic E-state index is 13.4. The summed E-state index contributed by atoms with van der Waals surface area (Å²) in [5.74, 6) is -0.0336. The number of anilines is 2. The molecule has 134 valence electrons. The number of nitrogens with two attached hydrogens (primary N) is 1. The summed E-state index contributed by atoms with van der Waals surface area (Å²) in [6, 6.07) is 16.4. The lowest BCUT2D eigenvalue weighted by Gasteiger charge is -2.22. The first kappa shape index (κ1) is 16.3. The molecule has 0 spiro atoms. The van der Waals surface area contributed by atoms with Gasteiger partial charge in [-0.2, -0.15) is 0 Å². The van der Waals surface area contributed by atoms with Crippen LogP contribution in [0.1, 0.15) is 27.7 Å². The van der Waals surface area contributed by atoms with Crippen LogP contribution in [0.4, 0.5) is 11.4 Å². The van der Waals surface area contributed by atoms with E-state index in [1.165, 1.54) is 16.9 Å². The standard InChI is InChI=1S/C22H19N3OS/c1-12-6-5-8-15-11-16-18(23)20(27-21(16)24-19(12)15)22(26)25-13(2)10-14-7-3-4-9-17(14)25/h3-9,11,13H,10,23H2,1-2H3. The summed E-state index contributed by atoms with van der Waals surface area (Å²) in [5.41, 5.74) is 11.2. The number of nitrogen functional groups attached to an aromatic ring is 1. The Hall–Kier alpha value is -2.92. The lowest BCUT2D eigenvalue weighted by molar-refractivity contribution is 0.0986. The second kappa shape index (κ2) is 5.79. The van der Waals surface area contributed by atoms with Crippen LogP contribution in [0.2, 0.25) is 0 Å². The predicted octanol–water partition coefficient (Wildman–Crippen LogP) is 4.93. The Morgan fingerprint density at radius 2 is 2.04 bits per heavy atom. The van der Waals surface area contributed by atoms with Gasteiger partial charge in [-0.15, -0.1) is 11.3 Å². The highest BCUT2D eigenvalue weighted by atomic mass is 32.1. The fourth-order valence-corrected chi connectivity index (χ4v) is 5.03. The Morgan fingerprint density at radius 3 is 2.89 bits per heavy atom. The minimum atomic E-state index is -0.0336. The molecule has 1 unspecified atom stereocenters. The van der Waals surface area contributed by atoms with E-state index in [1.54, 1.807) is 0 Å². The van der Waals surface area contributed by atoms with Gasteiger partial charge in [-0.25, -0.2) is 4.98 Å². The number of nitrogens with zero attached hydrogens (tertiary/aromatic N) is 2. The van der Waals surface area contributed by atoms with Crippen LogP contribution in [0.3, 0.4) is 0 Å². The highest BCUT2D eigenvalue weighted by Gasteiger charge is 2.33. The van der Waals surface area contributed by atoms with Crippen molar-refractivity contribution in [3.05, 3.63) is 64.5 Å². The third kappa shape index (κ3) is 2.35. The van der Waals surface area contributed by atoms with Crippen LogP contribution < -0.4 is 10.6 Å². The van der Waals surface area contributed by atoms with E-state index in [9.17, 15) is 4.79 Å². The summed E-state index contributed by atoms with van der Waals surface area (Å²) in [5, 5.41) is 1.91. The van der Waals surface area contributed by atoms with Gasteiger partial charge in [0, 0.05) is 22.5 Å². The molecule has 0 fully saturated rings. The van der Waals surface area contributed by atoms with E-state index in [4.69, 9.17) is 10.7 Å². The molecule has 3 heterocycles. The summed E-state index contributed by atoms with van der Waals surface area (Å²) in [6.07, 6.45) is 0.869. The maximum atomic E-state index is 13.4. The lowest BCUT2D eigenvalue weighted by atomic mass is 10.1. The number of hydrogen-bond donors (Lipinski definition) is 1. The van der Waals surface area contributed by atoms with Crippen molar-refractivity contribution in [1.82, 2.24) is 4.98 Å². The number of aromatic nitrogens is 1. The molecule has 0 saturated heterocycles. The summed E-state index contributed by atoms with van der Waals surface area (Å²) < 4.78 is 0. The second-order valence-electron chi connectivity index (χ2n) is 7.19. The third-order valence-electron chi connectivity index (χ3n) is 5.37. The largest absolute Gasteiger partial charge is 0.397 e. The van der Waals surface area contributed by atoms with Gasteiger partial charge in [0.2, 0.25) is 0 Å². The molecule has 27 heavy (non-hydrogen) atoms. The third-order valence-corrected chi connectivity index (χ3v) is 6.47. The van der Waals surface area contributed by atoms with E-state index >= 15 is 0 Å². The number of carbonyl (C=O) groups excluding carboxylic acids is 1. The number of hydrogen-bond acceptors (Lipinski definition) is 4. The Labute approximate surface area is 161 Å². The first-order valence-electron chi connectivity index (χ1n) is 9.04.